The summed E-state index contributed by atoms with van der Waals surface area (Å²) in [7, 11) is 0. The van der Waals surface area contributed by atoms with Gasteiger partial charge in [-0.3, -0.25) is 0 Å². The Morgan fingerprint density at radius 3 is 2.20 bits per heavy atom. The maximum Gasteiger partial charge on any atom is 2.00 e. The van der Waals surface area contributed by atoms with Gasteiger partial charge < -0.3 is 14.9 Å². The summed E-state index contributed by atoms with van der Waals surface area (Å²) in [5.74, 6) is -1.08. The monoisotopic (exact) mass is 213 g/mol. The zero-order valence-corrected chi connectivity index (χ0v) is 6.59. The molecule has 6 heteroatoms. The van der Waals surface area contributed by atoms with Crippen LogP contribution >= 0.6 is 12.2 Å². The van der Waals surface area contributed by atoms with Gasteiger partial charge in [-0.05, 0) is 12.2 Å². The molecule has 4 nitrogen and oxygen atoms in total. The topological polar surface area (TPSA) is 66.8 Å². The number of aliphatic hydroxyl groups is 1. The van der Waals surface area contributed by atoms with Crippen molar-refractivity contribution in [2.24, 2.45) is 0 Å². The third-order valence-corrected chi connectivity index (χ3v) is 0.569. The van der Waals surface area contributed by atoms with Crippen molar-refractivity contribution < 1.29 is 36.8 Å². The number of carboxylic acid groups (broad SMARTS) is 1. The van der Waals surface area contributed by atoms with Crippen molar-refractivity contribution in [3.63, 3.8) is 0 Å². The summed E-state index contributed by atoms with van der Waals surface area (Å²) < 4.78 is 4.37. The Labute approximate surface area is 73.7 Å². The van der Waals surface area contributed by atoms with Crippen LogP contribution in [-0.4, -0.2) is 34.4 Å². The standard InChI is InChI=1S/C4H6O4S.Cu/c5-3(6)1-8-2-4(7)9;/h1-2H2,(H,5,6)(H,7,9);/q;+2. The number of thiocarbonyl (C=S) groups is 1. The molecule has 0 aromatic carbocycles. The van der Waals surface area contributed by atoms with Crippen molar-refractivity contribution >= 4 is 23.2 Å². The minimum absolute atomic E-state index is 0. The van der Waals surface area contributed by atoms with E-state index in [-0.39, 0.29) is 28.7 Å². The summed E-state index contributed by atoms with van der Waals surface area (Å²) in [5, 5.41) is 15.9. The smallest absolute Gasteiger partial charge is 0.500 e. The molecule has 0 unspecified atom stereocenters. The van der Waals surface area contributed by atoms with Crippen molar-refractivity contribution in [3.8, 4) is 0 Å². The number of ether oxygens (including phenoxy) is 1. The minimum atomic E-state index is -1.08. The Morgan fingerprint density at radius 2 is 1.90 bits per heavy atom. The molecule has 0 aromatic rings. The average molecular weight is 214 g/mol. The van der Waals surface area contributed by atoms with Crippen LogP contribution in [-0.2, 0) is 26.6 Å². The van der Waals surface area contributed by atoms with Crippen LogP contribution in [0.3, 0.4) is 0 Å². The summed E-state index contributed by atoms with van der Waals surface area (Å²) in [6.45, 7) is -0.623. The van der Waals surface area contributed by atoms with E-state index in [1.165, 1.54) is 0 Å². The Hall–Kier alpha value is -0.161. The molecule has 0 amide bonds. The van der Waals surface area contributed by atoms with E-state index in [0.29, 0.717) is 0 Å². The number of aliphatic carboxylic acids is 1. The Balaban J connectivity index is 0. The number of hydrogen-bond donors (Lipinski definition) is 2. The molecular formula is C4H6CuO4S+2. The molecule has 0 spiro atoms. The van der Waals surface area contributed by atoms with Crippen LogP contribution in [0.2, 0.25) is 0 Å². The first kappa shape index (κ1) is 12.5. The normalized spacial score (nSPS) is 8.00. The van der Waals surface area contributed by atoms with Crippen LogP contribution < -0.4 is 0 Å². The van der Waals surface area contributed by atoms with Crippen LogP contribution in [0, 0.1) is 0 Å². The van der Waals surface area contributed by atoms with Gasteiger partial charge in [0.25, 0.3) is 0 Å². The Bertz CT molecular complexity index is 112. The van der Waals surface area contributed by atoms with Crippen LogP contribution in [0.1, 0.15) is 0 Å². The molecule has 0 aliphatic rings. The van der Waals surface area contributed by atoms with Crippen molar-refractivity contribution in [3.05, 3.63) is 0 Å². The van der Waals surface area contributed by atoms with E-state index in [0.717, 1.165) is 0 Å². The van der Waals surface area contributed by atoms with Gasteiger partial charge in [0.1, 0.15) is 13.2 Å². The number of rotatable bonds is 4. The third kappa shape index (κ3) is 10.8. The average Bonchev–Trinajstić information content (AvgIpc) is 1.63. The van der Waals surface area contributed by atoms with E-state index in [1.807, 2.05) is 0 Å². The molecular weight excluding hydrogens is 208 g/mol. The predicted octanol–water partition coefficient (Wildman–Crippen LogP) is -0.0295. The number of carbonyl (C=O) groups is 1. The van der Waals surface area contributed by atoms with Crippen molar-refractivity contribution in [2.75, 3.05) is 13.2 Å². The van der Waals surface area contributed by atoms with Gasteiger partial charge >= 0.3 is 23.0 Å². The van der Waals surface area contributed by atoms with Gasteiger partial charge in [-0.2, -0.15) is 0 Å². The van der Waals surface area contributed by atoms with Crippen molar-refractivity contribution in [1.29, 1.82) is 0 Å². The SMILES string of the molecule is O=C(O)COCC(O)=S.[Cu+2]. The molecule has 0 saturated heterocycles. The first-order valence-electron chi connectivity index (χ1n) is 2.14. The van der Waals surface area contributed by atoms with Crippen LogP contribution in [0.5, 0.6) is 0 Å². The van der Waals surface area contributed by atoms with E-state index in [1.54, 1.807) is 0 Å². The molecule has 0 heterocycles. The van der Waals surface area contributed by atoms with E-state index in [2.05, 4.69) is 17.0 Å². The molecule has 0 aromatic heterocycles. The third-order valence-electron chi connectivity index (χ3n) is 0.451. The Kier molecular flexibility index (Phi) is 8.70. The van der Waals surface area contributed by atoms with Gasteiger partial charge in [0, 0.05) is 0 Å². The maximum absolute atomic E-state index is 9.73. The zero-order valence-electron chi connectivity index (χ0n) is 4.83. The second kappa shape index (κ2) is 6.95. The molecule has 1 radical (unpaired) electrons. The molecule has 10 heavy (non-hydrogen) atoms. The fourth-order valence-corrected chi connectivity index (χ4v) is 0.309. The maximum atomic E-state index is 9.73. The van der Waals surface area contributed by atoms with Gasteiger partial charge in [0.2, 0.25) is 0 Å². The van der Waals surface area contributed by atoms with Gasteiger partial charge in [0.05, 0.1) is 0 Å². The number of carboxylic acids is 1. The second-order valence-corrected chi connectivity index (χ2v) is 1.75. The minimum Gasteiger partial charge on any atom is -0.500 e. The molecule has 0 atom stereocenters. The molecule has 0 aliphatic heterocycles. The molecule has 2 N–H and O–H groups in total. The first-order chi connectivity index (χ1) is 4.13. The summed E-state index contributed by atoms with van der Waals surface area (Å²) in [6.07, 6.45) is 0. The van der Waals surface area contributed by atoms with Gasteiger partial charge in [-0.1, -0.05) is 0 Å². The molecule has 0 aliphatic carbocycles. The largest absolute Gasteiger partial charge is 2.00 e. The molecule has 0 saturated carbocycles. The van der Waals surface area contributed by atoms with Crippen LogP contribution in [0.15, 0.2) is 0 Å². The Morgan fingerprint density at radius 1 is 1.40 bits per heavy atom. The summed E-state index contributed by atoms with van der Waals surface area (Å²) >= 11 is 4.19. The first-order valence-corrected chi connectivity index (χ1v) is 2.55. The number of hydrogen-bond acceptors (Lipinski definition) is 3. The van der Waals surface area contributed by atoms with Crippen molar-refractivity contribution in [2.45, 2.75) is 0 Å². The number of aliphatic hydroxyl groups excluding tert-OH is 1. The zero-order chi connectivity index (χ0) is 7.28. The molecule has 0 bridgehead atoms. The second-order valence-electron chi connectivity index (χ2n) is 1.28. The summed E-state index contributed by atoms with van der Waals surface area (Å²) in [4.78, 5) is 9.73. The molecule has 0 rings (SSSR count). The quantitative estimate of drug-likeness (QED) is 0.507. The fraction of sp³-hybridized carbons (Fsp3) is 0.500. The van der Waals surface area contributed by atoms with E-state index in [4.69, 9.17) is 10.2 Å². The van der Waals surface area contributed by atoms with E-state index < -0.39 is 12.6 Å². The summed E-state index contributed by atoms with van der Waals surface area (Å²) in [5.41, 5.74) is 0. The van der Waals surface area contributed by atoms with Crippen LogP contribution in [0.25, 0.3) is 0 Å². The van der Waals surface area contributed by atoms with E-state index in [9.17, 15) is 4.79 Å². The summed E-state index contributed by atoms with van der Waals surface area (Å²) in [6, 6.07) is 0. The molecule has 61 valence electrons. The van der Waals surface area contributed by atoms with Gasteiger partial charge in [0.15, 0.2) is 5.05 Å². The van der Waals surface area contributed by atoms with Gasteiger partial charge in [-0.15, -0.1) is 0 Å². The predicted molar refractivity (Wildman–Crippen MR) is 33.7 cm³/mol. The van der Waals surface area contributed by atoms with E-state index >= 15 is 0 Å². The molecule has 0 fully saturated rings. The van der Waals surface area contributed by atoms with Gasteiger partial charge in [-0.25, -0.2) is 4.79 Å². The van der Waals surface area contributed by atoms with Crippen molar-refractivity contribution in [1.82, 2.24) is 0 Å². The van der Waals surface area contributed by atoms with Crippen LogP contribution in [0.4, 0.5) is 0 Å². The fourth-order valence-electron chi connectivity index (χ4n) is 0.226.